The van der Waals surface area contributed by atoms with Crippen LogP contribution in [0.5, 0.6) is 0 Å². The summed E-state index contributed by atoms with van der Waals surface area (Å²) < 4.78 is 0. The Morgan fingerprint density at radius 2 is 1.94 bits per heavy atom. The average Bonchev–Trinajstić information content (AvgIpc) is 2.30. The number of aryl methyl sites for hydroxylation is 3. The molecule has 0 spiro atoms. The van der Waals surface area contributed by atoms with Gasteiger partial charge in [-0.25, -0.2) is 4.98 Å². The summed E-state index contributed by atoms with van der Waals surface area (Å²) in [4.78, 5) is 5.50. The van der Waals surface area contributed by atoms with Crippen LogP contribution >= 0.6 is 11.8 Å². The second-order valence-corrected chi connectivity index (χ2v) is 5.32. The van der Waals surface area contributed by atoms with E-state index in [9.17, 15) is 0 Å². The van der Waals surface area contributed by atoms with Gasteiger partial charge in [0.2, 0.25) is 0 Å². The van der Waals surface area contributed by atoms with Gasteiger partial charge in [-0.2, -0.15) is 5.26 Å². The van der Waals surface area contributed by atoms with E-state index in [-0.39, 0.29) is 0 Å². The van der Waals surface area contributed by atoms with Gasteiger partial charge in [0.05, 0.1) is 5.56 Å². The van der Waals surface area contributed by atoms with Gasteiger partial charge in [0.25, 0.3) is 0 Å². The molecule has 18 heavy (non-hydrogen) atoms. The Morgan fingerprint density at radius 3 is 2.61 bits per heavy atom. The lowest BCUT2D eigenvalue weighted by atomic mass is 10.1. The number of benzene rings is 1. The lowest BCUT2D eigenvalue weighted by molar-refractivity contribution is 1.04. The third-order valence-corrected chi connectivity index (χ3v) is 3.78. The van der Waals surface area contributed by atoms with E-state index in [1.165, 1.54) is 5.56 Å². The van der Waals surface area contributed by atoms with Crippen LogP contribution in [0.1, 0.15) is 22.4 Å². The zero-order valence-corrected chi connectivity index (χ0v) is 11.5. The number of rotatable bonds is 2. The van der Waals surface area contributed by atoms with Crippen LogP contribution in [-0.2, 0) is 0 Å². The molecule has 0 atom stereocenters. The molecule has 3 heteroatoms. The van der Waals surface area contributed by atoms with E-state index in [0.717, 1.165) is 21.2 Å². The minimum atomic E-state index is 0.709. The fourth-order valence-corrected chi connectivity index (χ4v) is 2.93. The van der Waals surface area contributed by atoms with Crippen molar-refractivity contribution in [1.82, 2.24) is 4.98 Å². The van der Waals surface area contributed by atoms with E-state index in [2.05, 4.69) is 18.0 Å². The number of nitriles is 1. The third kappa shape index (κ3) is 2.72. The number of aromatic nitrogens is 1. The molecule has 1 heterocycles. The fourth-order valence-electron chi connectivity index (χ4n) is 1.84. The Hall–Kier alpha value is -1.79. The Labute approximate surface area is 112 Å². The maximum atomic E-state index is 9.15. The molecule has 0 aliphatic carbocycles. The largest absolute Gasteiger partial charge is 0.246 e. The normalized spacial score (nSPS) is 10.1. The van der Waals surface area contributed by atoms with Crippen molar-refractivity contribution in [2.24, 2.45) is 0 Å². The lowest BCUT2D eigenvalue weighted by Crippen LogP contribution is -1.90. The Morgan fingerprint density at radius 1 is 1.17 bits per heavy atom. The maximum absolute atomic E-state index is 9.15. The molecule has 1 aromatic carbocycles. The van der Waals surface area contributed by atoms with Gasteiger partial charge in [-0.05, 0) is 50.1 Å². The smallest absolute Gasteiger partial charge is 0.101 e. The highest BCUT2D eigenvalue weighted by Crippen LogP contribution is 2.32. The molecule has 2 aromatic rings. The second kappa shape index (κ2) is 5.24. The highest BCUT2D eigenvalue weighted by Gasteiger charge is 2.08. The van der Waals surface area contributed by atoms with Gasteiger partial charge in [-0.3, -0.25) is 0 Å². The topological polar surface area (TPSA) is 36.7 Å². The first-order valence-electron chi connectivity index (χ1n) is 5.73. The second-order valence-electron chi connectivity index (χ2n) is 4.29. The first kappa shape index (κ1) is 12.7. The summed E-state index contributed by atoms with van der Waals surface area (Å²) in [6.45, 7) is 6.06. The van der Waals surface area contributed by atoms with Crippen molar-refractivity contribution in [3.8, 4) is 6.07 Å². The van der Waals surface area contributed by atoms with Crippen molar-refractivity contribution in [3.63, 3.8) is 0 Å². The van der Waals surface area contributed by atoms with Crippen molar-refractivity contribution in [3.05, 3.63) is 52.7 Å². The van der Waals surface area contributed by atoms with Gasteiger partial charge in [0, 0.05) is 10.6 Å². The SMILES string of the molecule is Cc1cc(C)nc(Sc2c(C)cccc2C#N)c1. The molecule has 0 aliphatic heterocycles. The molecular formula is C15H14N2S. The summed E-state index contributed by atoms with van der Waals surface area (Å²) in [5.41, 5.74) is 4.02. The Bertz CT molecular complexity index is 607. The summed E-state index contributed by atoms with van der Waals surface area (Å²) in [7, 11) is 0. The van der Waals surface area contributed by atoms with Crippen LogP contribution in [0.4, 0.5) is 0 Å². The van der Waals surface area contributed by atoms with Crippen LogP contribution in [0.2, 0.25) is 0 Å². The van der Waals surface area contributed by atoms with E-state index < -0.39 is 0 Å². The van der Waals surface area contributed by atoms with Crippen LogP contribution in [0.25, 0.3) is 0 Å². The first-order chi connectivity index (χ1) is 8.60. The van der Waals surface area contributed by atoms with Crippen LogP contribution < -0.4 is 0 Å². The fraction of sp³-hybridized carbons (Fsp3) is 0.200. The van der Waals surface area contributed by atoms with Gasteiger partial charge in [0.15, 0.2) is 0 Å². The molecule has 0 N–H and O–H groups in total. The quantitative estimate of drug-likeness (QED) is 0.812. The van der Waals surface area contributed by atoms with E-state index >= 15 is 0 Å². The van der Waals surface area contributed by atoms with Crippen molar-refractivity contribution < 1.29 is 0 Å². The van der Waals surface area contributed by atoms with E-state index in [1.54, 1.807) is 11.8 Å². The van der Waals surface area contributed by atoms with Crippen molar-refractivity contribution in [2.45, 2.75) is 30.7 Å². The molecule has 0 bridgehead atoms. The molecule has 0 amide bonds. The average molecular weight is 254 g/mol. The lowest BCUT2D eigenvalue weighted by Gasteiger charge is -2.08. The van der Waals surface area contributed by atoms with Crippen LogP contribution in [0.3, 0.4) is 0 Å². The van der Waals surface area contributed by atoms with Gasteiger partial charge < -0.3 is 0 Å². The zero-order chi connectivity index (χ0) is 13.1. The Balaban J connectivity index is 2.43. The molecule has 0 saturated heterocycles. The van der Waals surface area contributed by atoms with Gasteiger partial charge in [-0.15, -0.1) is 0 Å². The predicted molar refractivity (Wildman–Crippen MR) is 73.7 cm³/mol. The summed E-state index contributed by atoms with van der Waals surface area (Å²) in [6.07, 6.45) is 0. The summed E-state index contributed by atoms with van der Waals surface area (Å²) in [6, 6.07) is 12.1. The molecule has 90 valence electrons. The summed E-state index contributed by atoms with van der Waals surface area (Å²) in [5.74, 6) is 0. The molecule has 0 unspecified atom stereocenters. The molecule has 0 radical (unpaired) electrons. The highest BCUT2D eigenvalue weighted by molar-refractivity contribution is 7.99. The van der Waals surface area contributed by atoms with Crippen LogP contribution in [0, 0.1) is 32.1 Å². The first-order valence-corrected chi connectivity index (χ1v) is 6.54. The number of nitrogens with zero attached hydrogens (tertiary/aromatic N) is 2. The minimum absolute atomic E-state index is 0.709. The van der Waals surface area contributed by atoms with E-state index in [4.69, 9.17) is 5.26 Å². The number of hydrogen-bond acceptors (Lipinski definition) is 3. The summed E-state index contributed by atoms with van der Waals surface area (Å²) in [5, 5.41) is 10.1. The predicted octanol–water partition coefficient (Wildman–Crippen LogP) is 4.03. The third-order valence-electron chi connectivity index (χ3n) is 2.61. The van der Waals surface area contributed by atoms with Gasteiger partial charge in [0.1, 0.15) is 11.1 Å². The Kier molecular flexibility index (Phi) is 3.69. The highest BCUT2D eigenvalue weighted by atomic mass is 32.2. The van der Waals surface area contributed by atoms with Gasteiger partial charge >= 0.3 is 0 Å². The summed E-state index contributed by atoms with van der Waals surface area (Å²) >= 11 is 1.56. The van der Waals surface area contributed by atoms with Crippen molar-refractivity contribution in [2.75, 3.05) is 0 Å². The van der Waals surface area contributed by atoms with Crippen LogP contribution in [-0.4, -0.2) is 4.98 Å². The molecule has 0 saturated carbocycles. The van der Waals surface area contributed by atoms with E-state index in [0.29, 0.717) is 5.56 Å². The molecule has 1 aromatic heterocycles. The standard InChI is InChI=1S/C15H14N2S/c1-10-7-12(3)17-14(8-10)18-15-11(2)5-4-6-13(15)9-16/h4-8H,1-3H3. The molecule has 0 aliphatic rings. The number of hydrogen-bond donors (Lipinski definition) is 0. The molecule has 2 nitrogen and oxygen atoms in total. The monoisotopic (exact) mass is 254 g/mol. The molecule has 0 fully saturated rings. The maximum Gasteiger partial charge on any atom is 0.101 e. The van der Waals surface area contributed by atoms with Crippen LogP contribution in [0.15, 0.2) is 40.3 Å². The minimum Gasteiger partial charge on any atom is -0.246 e. The van der Waals surface area contributed by atoms with Crippen molar-refractivity contribution >= 4 is 11.8 Å². The van der Waals surface area contributed by atoms with Gasteiger partial charge in [-0.1, -0.05) is 23.9 Å². The zero-order valence-electron chi connectivity index (χ0n) is 10.7. The van der Waals surface area contributed by atoms with Crippen molar-refractivity contribution in [1.29, 1.82) is 5.26 Å². The van der Waals surface area contributed by atoms with E-state index in [1.807, 2.05) is 44.2 Å². The molecular weight excluding hydrogens is 240 g/mol. The molecule has 2 rings (SSSR count). The number of pyridine rings is 1.